The molecule has 0 saturated carbocycles. The van der Waals surface area contributed by atoms with Crippen molar-refractivity contribution in [1.82, 2.24) is 14.7 Å². The molecule has 4 heteroatoms. The Morgan fingerprint density at radius 3 is 1.90 bits per heavy atom. The van der Waals surface area contributed by atoms with Gasteiger partial charge >= 0.3 is 0 Å². The molecule has 0 aliphatic carbocycles. The van der Waals surface area contributed by atoms with Gasteiger partial charge in [-0.25, -0.2) is 0 Å². The van der Waals surface area contributed by atoms with Gasteiger partial charge in [0.1, 0.15) is 5.78 Å². The van der Waals surface area contributed by atoms with E-state index in [1.165, 1.54) is 52.2 Å². The van der Waals surface area contributed by atoms with Crippen molar-refractivity contribution in [2.75, 3.05) is 58.9 Å². The van der Waals surface area contributed by atoms with Crippen molar-refractivity contribution in [1.29, 1.82) is 0 Å². The number of piperidine rings is 1. The van der Waals surface area contributed by atoms with Gasteiger partial charge < -0.3 is 14.7 Å². The van der Waals surface area contributed by atoms with Gasteiger partial charge in [-0.1, -0.05) is 13.8 Å². The number of rotatable bonds is 7. The van der Waals surface area contributed by atoms with Crippen LogP contribution in [0.15, 0.2) is 0 Å². The molecule has 2 fully saturated rings. The number of carbonyl (C=O) groups is 1. The van der Waals surface area contributed by atoms with Crippen LogP contribution < -0.4 is 0 Å². The van der Waals surface area contributed by atoms with E-state index in [1.54, 1.807) is 0 Å². The molecule has 0 aromatic carbocycles. The molecule has 2 saturated heterocycles. The molecule has 0 amide bonds. The number of carbonyl (C=O) groups excluding carboxylic acids is 1. The molecule has 0 unspecified atom stereocenters. The standard InChI is InChI=1S/C17H33N3O/c1-3-17(21)16-6-10-19(11-7-16)8-5-9-20-14-12-18(4-2)13-15-20/h16H,3-15H2,1-2H3. The average molecular weight is 295 g/mol. The van der Waals surface area contributed by atoms with Gasteiger partial charge in [-0.15, -0.1) is 0 Å². The van der Waals surface area contributed by atoms with Crippen molar-refractivity contribution in [3.63, 3.8) is 0 Å². The first-order valence-electron chi connectivity index (χ1n) is 8.92. The van der Waals surface area contributed by atoms with Crippen LogP contribution in [0.25, 0.3) is 0 Å². The van der Waals surface area contributed by atoms with Crippen LogP contribution in [0.2, 0.25) is 0 Å². The fraction of sp³-hybridized carbons (Fsp3) is 0.941. The van der Waals surface area contributed by atoms with Gasteiger partial charge in [-0.05, 0) is 52.0 Å². The molecule has 0 atom stereocenters. The van der Waals surface area contributed by atoms with Gasteiger partial charge in [0.15, 0.2) is 0 Å². The molecular weight excluding hydrogens is 262 g/mol. The van der Waals surface area contributed by atoms with E-state index >= 15 is 0 Å². The third-order valence-electron chi connectivity index (χ3n) is 5.25. The molecule has 0 bridgehead atoms. The van der Waals surface area contributed by atoms with Crippen molar-refractivity contribution >= 4 is 5.78 Å². The van der Waals surface area contributed by atoms with E-state index < -0.39 is 0 Å². The molecule has 2 aliphatic rings. The zero-order chi connectivity index (χ0) is 15.1. The van der Waals surface area contributed by atoms with Crippen LogP contribution in [0.4, 0.5) is 0 Å². The highest BCUT2D eigenvalue weighted by molar-refractivity contribution is 5.80. The van der Waals surface area contributed by atoms with E-state index in [0.29, 0.717) is 18.1 Å². The minimum absolute atomic E-state index is 0.355. The monoisotopic (exact) mass is 295 g/mol. The second-order valence-electron chi connectivity index (χ2n) is 6.57. The zero-order valence-electron chi connectivity index (χ0n) is 14.0. The topological polar surface area (TPSA) is 26.8 Å². The van der Waals surface area contributed by atoms with Crippen LogP contribution in [0, 0.1) is 5.92 Å². The summed E-state index contributed by atoms with van der Waals surface area (Å²) in [5.74, 6) is 0.830. The molecule has 2 rings (SSSR count). The zero-order valence-corrected chi connectivity index (χ0v) is 14.0. The number of hydrogen-bond donors (Lipinski definition) is 0. The Balaban J connectivity index is 1.55. The predicted molar refractivity (Wildman–Crippen MR) is 87.6 cm³/mol. The highest BCUT2D eigenvalue weighted by atomic mass is 16.1. The van der Waals surface area contributed by atoms with E-state index in [1.807, 2.05) is 6.92 Å². The Hall–Kier alpha value is -0.450. The minimum atomic E-state index is 0.355. The van der Waals surface area contributed by atoms with Crippen LogP contribution in [-0.4, -0.2) is 79.4 Å². The largest absolute Gasteiger partial charge is 0.303 e. The lowest BCUT2D eigenvalue weighted by Crippen LogP contribution is -2.46. The van der Waals surface area contributed by atoms with Crippen molar-refractivity contribution in [3.8, 4) is 0 Å². The second kappa shape index (κ2) is 8.86. The molecule has 0 radical (unpaired) electrons. The van der Waals surface area contributed by atoms with E-state index in [2.05, 4.69) is 21.6 Å². The smallest absolute Gasteiger partial charge is 0.135 e. The Morgan fingerprint density at radius 2 is 1.38 bits per heavy atom. The first-order chi connectivity index (χ1) is 10.2. The normalized spacial score (nSPS) is 23.5. The molecule has 21 heavy (non-hydrogen) atoms. The highest BCUT2D eigenvalue weighted by Crippen LogP contribution is 2.19. The lowest BCUT2D eigenvalue weighted by Gasteiger charge is -2.35. The Morgan fingerprint density at radius 1 is 0.857 bits per heavy atom. The first kappa shape index (κ1) is 16.9. The summed E-state index contributed by atoms with van der Waals surface area (Å²) in [4.78, 5) is 19.4. The number of likely N-dealkylation sites (tertiary alicyclic amines) is 1. The fourth-order valence-electron chi connectivity index (χ4n) is 3.61. The Kier molecular flexibility index (Phi) is 7.14. The van der Waals surface area contributed by atoms with E-state index in [9.17, 15) is 4.79 Å². The van der Waals surface area contributed by atoms with Gasteiger partial charge in [0.2, 0.25) is 0 Å². The van der Waals surface area contributed by atoms with E-state index in [4.69, 9.17) is 0 Å². The molecule has 2 aliphatic heterocycles. The summed E-state index contributed by atoms with van der Waals surface area (Å²) < 4.78 is 0. The summed E-state index contributed by atoms with van der Waals surface area (Å²) >= 11 is 0. The molecular formula is C17H33N3O. The lowest BCUT2D eigenvalue weighted by molar-refractivity contribution is -0.123. The summed E-state index contributed by atoms with van der Waals surface area (Å²) in [6.07, 6.45) is 4.16. The third-order valence-corrected chi connectivity index (χ3v) is 5.25. The fourth-order valence-corrected chi connectivity index (χ4v) is 3.61. The van der Waals surface area contributed by atoms with Gasteiger partial charge in [0.25, 0.3) is 0 Å². The molecule has 4 nitrogen and oxygen atoms in total. The molecule has 122 valence electrons. The highest BCUT2D eigenvalue weighted by Gasteiger charge is 2.23. The maximum Gasteiger partial charge on any atom is 0.135 e. The van der Waals surface area contributed by atoms with Gasteiger partial charge in [-0.3, -0.25) is 4.79 Å². The third kappa shape index (κ3) is 5.35. The number of piperazine rings is 1. The summed E-state index contributed by atoms with van der Waals surface area (Å²) in [5.41, 5.74) is 0. The van der Waals surface area contributed by atoms with Crippen LogP contribution >= 0.6 is 0 Å². The number of ketones is 1. The Bertz CT molecular complexity index is 305. The first-order valence-corrected chi connectivity index (χ1v) is 8.92. The summed E-state index contributed by atoms with van der Waals surface area (Å²) in [6.45, 7) is 15.1. The van der Waals surface area contributed by atoms with Gasteiger partial charge in [0.05, 0.1) is 0 Å². The average Bonchev–Trinajstić information content (AvgIpc) is 2.55. The molecule has 2 heterocycles. The maximum atomic E-state index is 11.7. The van der Waals surface area contributed by atoms with Crippen molar-refractivity contribution < 1.29 is 4.79 Å². The molecule has 0 N–H and O–H groups in total. The maximum absolute atomic E-state index is 11.7. The van der Waals surface area contributed by atoms with Crippen molar-refractivity contribution in [2.45, 2.75) is 39.5 Å². The van der Waals surface area contributed by atoms with Crippen molar-refractivity contribution in [2.24, 2.45) is 5.92 Å². The second-order valence-corrected chi connectivity index (χ2v) is 6.57. The quantitative estimate of drug-likeness (QED) is 0.714. The lowest BCUT2D eigenvalue weighted by atomic mass is 9.91. The van der Waals surface area contributed by atoms with Crippen LogP contribution in [0.5, 0.6) is 0 Å². The summed E-state index contributed by atoms with van der Waals surface area (Å²) in [5, 5.41) is 0. The van der Waals surface area contributed by atoms with Crippen LogP contribution in [-0.2, 0) is 4.79 Å². The van der Waals surface area contributed by atoms with E-state index in [-0.39, 0.29) is 0 Å². The predicted octanol–water partition coefficient (Wildman–Crippen LogP) is 1.71. The summed E-state index contributed by atoms with van der Waals surface area (Å²) in [7, 11) is 0. The van der Waals surface area contributed by atoms with E-state index in [0.717, 1.165) is 25.9 Å². The SMILES string of the molecule is CCC(=O)C1CCN(CCCN2CCN(CC)CC2)CC1. The minimum Gasteiger partial charge on any atom is -0.303 e. The Labute approximate surface area is 130 Å². The molecule has 0 spiro atoms. The number of likely N-dealkylation sites (N-methyl/N-ethyl adjacent to an activating group) is 1. The number of hydrogen-bond acceptors (Lipinski definition) is 4. The van der Waals surface area contributed by atoms with Gasteiger partial charge in [-0.2, -0.15) is 0 Å². The summed E-state index contributed by atoms with van der Waals surface area (Å²) in [6, 6.07) is 0. The van der Waals surface area contributed by atoms with Gasteiger partial charge in [0, 0.05) is 38.5 Å². The van der Waals surface area contributed by atoms with Crippen LogP contribution in [0.3, 0.4) is 0 Å². The molecule has 0 aromatic rings. The number of nitrogens with zero attached hydrogens (tertiary/aromatic N) is 3. The molecule has 0 aromatic heterocycles. The van der Waals surface area contributed by atoms with Crippen molar-refractivity contribution in [3.05, 3.63) is 0 Å². The van der Waals surface area contributed by atoms with Crippen LogP contribution in [0.1, 0.15) is 39.5 Å². The number of Topliss-reactive ketones (excluding diaryl/α,β-unsaturated/α-hetero) is 1.